The minimum atomic E-state index is -4.01. The summed E-state index contributed by atoms with van der Waals surface area (Å²) in [6.45, 7) is 2.06. The van der Waals surface area contributed by atoms with Crippen LogP contribution in [0.1, 0.15) is 5.56 Å². The molecule has 0 bridgehead atoms. The number of hydrogen-bond acceptors (Lipinski definition) is 5. The Morgan fingerprint density at radius 1 is 1.30 bits per heavy atom. The molecule has 3 aromatic rings. The summed E-state index contributed by atoms with van der Waals surface area (Å²) >= 11 is 5.70. The van der Waals surface area contributed by atoms with Crippen molar-refractivity contribution in [1.82, 2.24) is 4.57 Å². The van der Waals surface area contributed by atoms with Crippen molar-refractivity contribution in [3.8, 4) is 0 Å². The van der Waals surface area contributed by atoms with Crippen molar-refractivity contribution in [2.45, 2.75) is 18.4 Å². The van der Waals surface area contributed by atoms with Crippen molar-refractivity contribution in [1.29, 1.82) is 0 Å². The number of sulfonamides is 1. The zero-order valence-corrected chi connectivity index (χ0v) is 16.0. The molecule has 0 aliphatic rings. The summed E-state index contributed by atoms with van der Waals surface area (Å²) in [5, 5.41) is -0.203. The highest BCUT2D eigenvalue weighted by Gasteiger charge is 2.21. The summed E-state index contributed by atoms with van der Waals surface area (Å²) in [4.78, 5) is 12.0. The largest absolute Gasteiger partial charge is 0.420 e. The Labute approximate surface area is 159 Å². The smallest absolute Gasteiger partial charge is 0.408 e. The molecule has 0 atom stereocenters. The van der Waals surface area contributed by atoms with Gasteiger partial charge in [-0.05, 0) is 42.8 Å². The Hall–Kier alpha value is -2.36. The van der Waals surface area contributed by atoms with Gasteiger partial charge in [-0.25, -0.2) is 17.6 Å². The van der Waals surface area contributed by atoms with Gasteiger partial charge in [-0.3, -0.25) is 9.29 Å². The van der Waals surface area contributed by atoms with E-state index in [9.17, 15) is 17.6 Å². The van der Waals surface area contributed by atoms with Gasteiger partial charge in [0.05, 0.1) is 34.3 Å². The molecule has 0 amide bonds. The molecule has 0 spiro atoms. The highest BCUT2D eigenvalue weighted by molar-refractivity contribution is 7.92. The summed E-state index contributed by atoms with van der Waals surface area (Å²) in [7, 11) is -2.52. The predicted octanol–water partition coefficient (Wildman–Crippen LogP) is 3.14. The van der Waals surface area contributed by atoms with E-state index < -0.39 is 21.6 Å². The molecule has 0 aliphatic heterocycles. The first-order valence-corrected chi connectivity index (χ1v) is 9.70. The zero-order valence-electron chi connectivity index (χ0n) is 14.5. The third-order valence-electron chi connectivity index (χ3n) is 3.95. The maximum Gasteiger partial charge on any atom is 0.420 e. The number of anilines is 1. The van der Waals surface area contributed by atoms with Crippen LogP contribution in [0, 0.1) is 12.7 Å². The van der Waals surface area contributed by atoms with Crippen molar-refractivity contribution in [2.24, 2.45) is 0 Å². The van der Waals surface area contributed by atoms with Crippen LogP contribution in [0.5, 0.6) is 0 Å². The highest BCUT2D eigenvalue weighted by atomic mass is 35.5. The lowest BCUT2D eigenvalue weighted by Gasteiger charge is -2.11. The quantitative estimate of drug-likeness (QED) is 0.669. The van der Waals surface area contributed by atoms with Crippen molar-refractivity contribution in [2.75, 3.05) is 18.4 Å². The highest BCUT2D eigenvalue weighted by Crippen LogP contribution is 2.26. The van der Waals surface area contributed by atoms with Gasteiger partial charge >= 0.3 is 5.76 Å². The van der Waals surface area contributed by atoms with Gasteiger partial charge in [-0.15, -0.1) is 0 Å². The maximum atomic E-state index is 13.3. The number of hydrogen-bond donors (Lipinski definition) is 1. The number of methoxy groups -OCH3 is 1. The second-order valence-corrected chi connectivity index (χ2v) is 7.89. The van der Waals surface area contributed by atoms with E-state index in [0.717, 1.165) is 6.07 Å². The Balaban J connectivity index is 2.07. The topological polar surface area (TPSA) is 90.5 Å². The standard InChI is InChI=1S/C17H16ClFN2O5S/c1-10-7-15-14(21(5-6-25-2)17(22)26-15)9-16(10)27(23,24)20-11-3-4-13(19)12(18)8-11/h3-4,7-9,20H,5-6H2,1-2H3. The summed E-state index contributed by atoms with van der Waals surface area (Å²) in [6, 6.07) is 6.34. The van der Waals surface area contributed by atoms with Gasteiger partial charge < -0.3 is 9.15 Å². The molecule has 7 nitrogen and oxygen atoms in total. The number of aryl methyl sites for hydroxylation is 1. The molecule has 0 radical (unpaired) electrons. The second-order valence-electron chi connectivity index (χ2n) is 5.83. The van der Waals surface area contributed by atoms with Gasteiger partial charge in [0.2, 0.25) is 0 Å². The van der Waals surface area contributed by atoms with E-state index >= 15 is 0 Å². The molecule has 1 aromatic heterocycles. The van der Waals surface area contributed by atoms with Gasteiger partial charge in [0.1, 0.15) is 5.82 Å². The summed E-state index contributed by atoms with van der Waals surface area (Å²) in [5.41, 5.74) is 1.11. The van der Waals surface area contributed by atoms with E-state index in [0.29, 0.717) is 11.1 Å². The van der Waals surface area contributed by atoms with Crippen LogP contribution in [-0.4, -0.2) is 26.7 Å². The van der Waals surface area contributed by atoms with Crippen LogP contribution >= 0.6 is 11.6 Å². The molecule has 0 saturated heterocycles. The first-order chi connectivity index (χ1) is 12.7. The fraction of sp³-hybridized carbons (Fsp3) is 0.235. The molecule has 0 aliphatic carbocycles. The molecule has 2 aromatic carbocycles. The maximum absolute atomic E-state index is 13.3. The minimum Gasteiger partial charge on any atom is -0.408 e. The number of oxazole rings is 1. The molecular formula is C17H16ClFN2O5S. The van der Waals surface area contributed by atoms with E-state index in [1.807, 2.05) is 0 Å². The number of ether oxygens (including phenoxy) is 1. The lowest BCUT2D eigenvalue weighted by molar-refractivity contribution is 0.186. The number of nitrogens with one attached hydrogen (secondary N) is 1. The Kier molecular flexibility index (Phi) is 5.27. The van der Waals surface area contributed by atoms with E-state index in [1.165, 1.54) is 35.9 Å². The third kappa shape index (κ3) is 3.85. The Morgan fingerprint density at radius 3 is 2.70 bits per heavy atom. The number of benzene rings is 2. The van der Waals surface area contributed by atoms with Gasteiger partial charge in [0.15, 0.2) is 5.58 Å². The molecule has 27 heavy (non-hydrogen) atoms. The van der Waals surface area contributed by atoms with Crippen molar-refractivity contribution in [3.05, 3.63) is 57.3 Å². The Bertz CT molecular complexity index is 1170. The van der Waals surface area contributed by atoms with Gasteiger partial charge in [0.25, 0.3) is 10.0 Å². The lowest BCUT2D eigenvalue weighted by atomic mass is 10.2. The van der Waals surface area contributed by atoms with Crippen molar-refractivity contribution in [3.63, 3.8) is 0 Å². The van der Waals surface area contributed by atoms with Crippen LogP contribution in [0.3, 0.4) is 0 Å². The number of halogens is 2. The minimum absolute atomic E-state index is 0.0394. The van der Waals surface area contributed by atoms with E-state index in [1.54, 1.807) is 6.92 Å². The summed E-state index contributed by atoms with van der Waals surface area (Å²) in [6.07, 6.45) is 0. The number of rotatable bonds is 6. The second kappa shape index (κ2) is 7.34. The van der Waals surface area contributed by atoms with Crippen molar-refractivity contribution < 1.29 is 22.0 Å². The number of fused-ring (bicyclic) bond motifs is 1. The van der Waals surface area contributed by atoms with E-state index in [-0.39, 0.29) is 34.3 Å². The molecule has 1 heterocycles. The van der Waals surface area contributed by atoms with Crippen LogP contribution in [0.4, 0.5) is 10.1 Å². The Morgan fingerprint density at radius 2 is 2.04 bits per heavy atom. The molecule has 144 valence electrons. The first-order valence-electron chi connectivity index (χ1n) is 7.84. The molecule has 0 unspecified atom stereocenters. The van der Waals surface area contributed by atoms with Crippen LogP contribution in [-0.2, 0) is 21.3 Å². The SMILES string of the molecule is COCCn1c(=O)oc2cc(C)c(S(=O)(=O)Nc3ccc(F)c(Cl)c3)cc21. The molecule has 10 heteroatoms. The normalized spacial score (nSPS) is 11.9. The van der Waals surface area contributed by atoms with Crippen LogP contribution in [0.15, 0.2) is 44.4 Å². The third-order valence-corrected chi connectivity index (χ3v) is 5.76. The lowest BCUT2D eigenvalue weighted by Crippen LogP contribution is -2.18. The number of nitrogens with zero attached hydrogens (tertiary/aromatic N) is 1. The molecular weight excluding hydrogens is 399 g/mol. The first kappa shape index (κ1) is 19.4. The van der Waals surface area contributed by atoms with Crippen LogP contribution in [0.25, 0.3) is 11.1 Å². The molecule has 3 rings (SSSR count). The molecule has 1 N–H and O–H groups in total. The fourth-order valence-corrected chi connectivity index (χ4v) is 4.12. The van der Waals surface area contributed by atoms with Gasteiger partial charge in [0, 0.05) is 7.11 Å². The average Bonchev–Trinajstić information content (AvgIpc) is 2.89. The van der Waals surface area contributed by atoms with Gasteiger partial charge in [-0.1, -0.05) is 11.6 Å². The average molecular weight is 415 g/mol. The number of aromatic nitrogens is 1. The predicted molar refractivity (Wildman–Crippen MR) is 99.3 cm³/mol. The zero-order chi connectivity index (χ0) is 19.8. The monoisotopic (exact) mass is 414 g/mol. The van der Waals surface area contributed by atoms with Crippen LogP contribution in [0.2, 0.25) is 5.02 Å². The van der Waals surface area contributed by atoms with Crippen molar-refractivity contribution >= 4 is 38.4 Å². The van der Waals surface area contributed by atoms with Gasteiger partial charge in [-0.2, -0.15) is 0 Å². The molecule has 0 fully saturated rings. The summed E-state index contributed by atoms with van der Waals surface area (Å²) in [5.74, 6) is -1.26. The fourth-order valence-electron chi connectivity index (χ4n) is 2.64. The molecule has 0 saturated carbocycles. The van der Waals surface area contributed by atoms with E-state index in [4.69, 9.17) is 20.8 Å². The summed E-state index contributed by atoms with van der Waals surface area (Å²) < 4.78 is 52.7. The van der Waals surface area contributed by atoms with Crippen LogP contribution < -0.4 is 10.5 Å². The van der Waals surface area contributed by atoms with E-state index in [2.05, 4.69) is 4.72 Å².